The van der Waals surface area contributed by atoms with Gasteiger partial charge >= 0.3 is 0 Å². The van der Waals surface area contributed by atoms with Gasteiger partial charge in [0.1, 0.15) is 5.00 Å². The van der Waals surface area contributed by atoms with Crippen molar-refractivity contribution >= 4 is 39.5 Å². The summed E-state index contributed by atoms with van der Waals surface area (Å²) >= 11 is 3.01. The van der Waals surface area contributed by atoms with E-state index in [9.17, 15) is 9.59 Å². The van der Waals surface area contributed by atoms with Crippen molar-refractivity contribution < 1.29 is 14.3 Å². The number of fused-ring (bicyclic) bond motifs is 1. The summed E-state index contributed by atoms with van der Waals surface area (Å²) in [6.07, 6.45) is 2.95. The highest BCUT2D eigenvalue weighted by Crippen LogP contribution is 2.45. The smallest absolute Gasteiger partial charge is 0.266 e. The van der Waals surface area contributed by atoms with Crippen LogP contribution < -0.4 is 5.32 Å². The number of nitrogens with zero attached hydrogens (tertiary/aromatic N) is 1. The molecular formula is C24H32N2O3S2. The number of hydrogen-bond donors (Lipinski definition) is 1. The van der Waals surface area contributed by atoms with E-state index in [-0.39, 0.29) is 29.4 Å². The number of hydrogen-bond acceptors (Lipinski definition) is 5. The van der Waals surface area contributed by atoms with Crippen LogP contribution >= 0.6 is 22.7 Å². The number of morpholine rings is 1. The lowest BCUT2D eigenvalue weighted by Crippen LogP contribution is -2.48. The van der Waals surface area contributed by atoms with Crippen molar-refractivity contribution in [2.75, 3.05) is 18.4 Å². The second-order valence-electron chi connectivity index (χ2n) is 9.91. The Morgan fingerprint density at radius 1 is 1.19 bits per heavy atom. The third-order valence-electron chi connectivity index (χ3n) is 6.38. The van der Waals surface area contributed by atoms with Gasteiger partial charge in [-0.2, -0.15) is 0 Å². The van der Waals surface area contributed by atoms with Crippen molar-refractivity contribution in [3.05, 3.63) is 38.4 Å². The summed E-state index contributed by atoms with van der Waals surface area (Å²) in [6.45, 7) is 12.0. The van der Waals surface area contributed by atoms with Gasteiger partial charge < -0.3 is 15.0 Å². The largest absolute Gasteiger partial charge is 0.372 e. The molecule has 0 bridgehead atoms. The highest BCUT2D eigenvalue weighted by atomic mass is 32.1. The molecule has 0 radical (unpaired) electrons. The van der Waals surface area contributed by atoms with E-state index >= 15 is 0 Å². The predicted octanol–water partition coefficient (Wildman–Crippen LogP) is 5.46. The number of ether oxygens (including phenoxy) is 1. The summed E-state index contributed by atoms with van der Waals surface area (Å²) in [5.74, 6) is 0.458. The molecule has 1 aliphatic heterocycles. The first-order chi connectivity index (χ1) is 14.6. The van der Waals surface area contributed by atoms with Gasteiger partial charge in [-0.3, -0.25) is 9.59 Å². The fourth-order valence-corrected chi connectivity index (χ4v) is 6.65. The van der Waals surface area contributed by atoms with Crippen molar-refractivity contribution in [3.63, 3.8) is 0 Å². The number of nitrogens with one attached hydrogen (secondary N) is 1. The number of carbonyl (C=O) groups is 2. The summed E-state index contributed by atoms with van der Waals surface area (Å²) in [4.78, 5) is 30.4. The van der Waals surface area contributed by atoms with Gasteiger partial charge in [0, 0.05) is 18.0 Å². The summed E-state index contributed by atoms with van der Waals surface area (Å²) in [5, 5.41) is 5.67. The van der Waals surface area contributed by atoms with Crippen LogP contribution in [0.1, 0.15) is 71.5 Å². The Hall–Kier alpha value is -1.70. The van der Waals surface area contributed by atoms with Gasteiger partial charge in [-0.15, -0.1) is 22.7 Å². The Kier molecular flexibility index (Phi) is 6.30. The molecule has 2 aromatic heterocycles. The van der Waals surface area contributed by atoms with Crippen molar-refractivity contribution in [2.45, 2.75) is 66.1 Å². The van der Waals surface area contributed by atoms with E-state index in [2.05, 4.69) is 26.1 Å². The summed E-state index contributed by atoms with van der Waals surface area (Å²) in [6, 6.07) is 3.69. The van der Waals surface area contributed by atoms with Crippen LogP contribution in [-0.4, -0.2) is 42.0 Å². The molecule has 3 atom stereocenters. The molecule has 2 aromatic rings. The SMILES string of the molecule is C[C@@H]1CN(C(=O)c2c(NC(=O)c3cccs3)sc3c2CC[C@@H](C(C)(C)C)C3)C[C@@H](C)O1. The van der Waals surface area contributed by atoms with Crippen molar-refractivity contribution in [3.8, 4) is 0 Å². The second-order valence-corrected chi connectivity index (χ2v) is 12.0. The Balaban J connectivity index is 1.69. The Morgan fingerprint density at radius 3 is 2.52 bits per heavy atom. The summed E-state index contributed by atoms with van der Waals surface area (Å²) in [5.41, 5.74) is 2.07. The van der Waals surface area contributed by atoms with Crippen molar-refractivity contribution in [2.24, 2.45) is 11.3 Å². The molecule has 1 N–H and O–H groups in total. The number of anilines is 1. The molecule has 4 rings (SSSR count). The normalized spacial score (nSPS) is 24.0. The standard InChI is InChI=1S/C24H32N2O3S2/c1-14-12-26(13-15(2)29-14)23(28)20-17-9-8-16(24(3,4)5)11-19(17)31-22(20)25-21(27)18-7-6-10-30-18/h6-7,10,14-16H,8-9,11-13H2,1-5H3,(H,25,27)/t14-,15-,16-/m1/s1. The average molecular weight is 461 g/mol. The third kappa shape index (κ3) is 4.73. The fourth-order valence-electron chi connectivity index (χ4n) is 4.71. The van der Waals surface area contributed by atoms with E-state index in [4.69, 9.17) is 4.74 Å². The maximum absolute atomic E-state index is 13.7. The zero-order chi connectivity index (χ0) is 22.3. The van der Waals surface area contributed by atoms with Gasteiger partial charge in [0.2, 0.25) is 0 Å². The van der Waals surface area contributed by atoms with Crippen LogP contribution in [-0.2, 0) is 17.6 Å². The molecule has 1 aliphatic carbocycles. The molecule has 5 nitrogen and oxygen atoms in total. The zero-order valence-corrected chi connectivity index (χ0v) is 20.6. The van der Waals surface area contributed by atoms with Crippen LogP contribution in [0.5, 0.6) is 0 Å². The first-order valence-electron chi connectivity index (χ1n) is 11.1. The summed E-state index contributed by atoms with van der Waals surface area (Å²) < 4.78 is 5.83. The molecule has 31 heavy (non-hydrogen) atoms. The van der Waals surface area contributed by atoms with Crippen LogP contribution in [0.25, 0.3) is 0 Å². The van der Waals surface area contributed by atoms with E-state index in [1.54, 1.807) is 11.3 Å². The third-order valence-corrected chi connectivity index (χ3v) is 8.42. The summed E-state index contributed by atoms with van der Waals surface area (Å²) in [7, 11) is 0. The average Bonchev–Trinajstić information content (AvgIpc) is 3.33. The first-order valence-corrected chi connectivity index (χ1v) is 12.8. The zero-order valence-electron chi connectivity index (χ0n) is 19.0. The van der Waals surface area contributed by atoms with Gasteiger partial charge in [0.05, 0.1) is 22.6 Å². The molecule has 2 aliphatic rings. The molecule has 0 aromatic carbocycles. The maximum Gasteiger partial charge on any atom is 0.266 e. The first kappa shape index (κ1) is 22.5. The highest BCUT2D eigenvalue weighted by Gasteiger charge is 2.36. The number of thiophene rings is 2. The lowest BCUT2D eigenvalue weighted by Gasteiger charge is -2.36. The van der Waals surface area contributed by atoms with Crippen LogP contribution in [0.15, 0.2) is 17.5 Å². The monoisotopic (exact) mass is 460 g/mol. The molecule has 0 unspecified atom stereocenters. The Morgan fingerprint density at radius 2 is 1.90 bits per heavy atom. The van der Waals surface area contributed by atoms with E-state index < -0.39 is 0 Å². The van der Waals surface area contributed by atoms with Gasteiger partial charge in [0.25, 0.3) is 11.8 Å². The minimum atomic E-state index is -0.140. The second kappa shape index (κ2) is 8.68. The molecule has 1 fully saturated rings. The lowest BCUT2D eigenvalue weighted by molar-refractivity contribution is -0.0586. The number of amides is 2. The molecule has 7 heteroatoms. The quantitative estimate of drug-likeness (QED) is 0.661. The molecule has 2 amide bonds. The topological polar surface area (TPSA) is 58.6 Å². The van der Waals surface area contributed by atoms with Gasteiger partial charge in [-0.25, -0.2) is 0 Å². The van der Waals surface area contributed by atoms with Crippen molar-refractivity contribution in [1.29, 1.82) is 0 Å². The molecular weight excluding hydrogens is 428 g/mol. The molecule has 0 saturated carbocycles. The van der Waals surface area contributed by atoms with Crippen LogP contribution in [0, 0.1) is 11.3 Å². The van der Waals surface area contributed by atoms with E-state index in [1.165, 1.54) is 16.2 Å². The van der Waals surface area contributed by atoms with E-state index in [0.717, 1.165) is 24.8 Å². The highest BCUT2D eigenvalue weighted by molar-refractivity contribution is 7.17. The van der Waals surface area contributed by atoms with E-state index in [1.807, 2.05) is 36.3 Å². The number of carbonyl (C=O) groups excluding carboxylic acids is 2. The van der Waals surface area contributed by atoms with Crippen LogP contribution in [0.2, 0.25) is 0 Å². The minimum absolute atomic E-state index is 0.0107. The molecule has 0 spiro atoms. The van der Waals surface area contributed by atoms with Gasteiger partial charge in [0.15, 0.2) is 0 Å². The lowest BCUT2D eigenvalue weighted by atomic mass is 9.72. The van der Waals surface area contributed by atoms with Crippen LogP contribution in [0.4, 0.5) is 5.00 Å². The van der Waals surface area contributed by atoms with Crippen molar-refractivity contribution in [1.82, 2.24) is 4.90 Å². The van der Waals surface area contributed by atoms with Crippen LogP contribution in [0.3, 0.4) is 0 Å². The predicted molar refractivity (Wildman–Crippen MR) is 127 cm³/mol. The molecule has 1 saturated heterocycles. The Labute approximate surface area is 192 Å². The molecule has 168 valence electrons. The minimum Gasteiger partial charge on any atom is -0.372 e. The fraction of sp³-hybridized carbons (Fsp3) is 0.583. The van der Waals surface area contributed by atoms with E-state index in [0.29, 0.717) is 34.4 Å². The van der Waals surface area contributed by atoms with Gasteiger partial charge in [-0.05, 0) is 61.5 Å². The van der Waals surface area contributed by atoms with Gasteiger partial charge in [-0.1, -0.05) is 26.8 Å². The maximum atomic E-state index is 13.7. The number of rotatable bonds is 3. The Bertz CT molecular complexity index is 948. The molecule has 3 heterocycles.